The summed E-state index contributed by atoms with van der Waals surface area (Å²) in [5, 5.41) is 13.1. The van der Waals surface area contributed by atoms with Gasteiger partial charge in [0.15, 0.2) is 5.54 Å². The van der Waals surface area contributed by atoms with Crippen LogP contribution in [-0.4, -0.2) is 11.1 Å². The van der Waals surface area contributed by atoms with Gasteiger partial charge in [0.05, 0.1) is 10.7 Å². The molecule has 1 atom stereocenters. The Labute approximate surface area is 130 Å². The summed E-state index contributed by atoms with van der Waals surface area (Å²) in [6.45, 7) is 1.61. The number of carboxylic acids is 1. The SMILES string of the molecule is CC(Nc1ccccc1Cl)(C(=O)O)c1ccc(Br)cc1. The van der Waals surface area contributed by atoms with Crippen molar-refractivity contribution in [3.8, 4) is 0 Å². The Morgan fingerprint density at radius 2 is 1.80 bits per heavy atom. The van der Waals surface area contributed by atoms with Crippen LogP contribution in [-0.2, 0) is 10.3 Å². The second-order valence-electron chi connectivity index (χ2n) is 4.54. The fourth-order valence-electron chi connectivity index (χ4n) is 1.86. The number of carboxylic acid groups (broad SMARTS) is 1. The van der Waals surface area contributed by atoms with Crippen LogP contribution in [0.5, 0.6) is 0 Å². The molecule has 3 nitrogen and oxygen atoms in total. The molecule has 20 heavy (non-hydrogen) atoms. The summed E-state index contributed by atoms with van der Waals surface area (Å²) >= 11 is 9.42. The number of aliphatic carboxylic acids is 1. The average molecular weight is 355 g/mol. The lowest BCUT2D eigenvalue weighted by Crippen LogP contribution is -2.40. The predicted molar refractivity (Wildman–Crippen MR) is 84.2 cm³/mol. The number of nitrogens with one attached hydrogen (secondary N) is 1. The molecule has 2 aromatic rings. The van der Waals surface area contributed by atoms with Gasteiger partial charge in [0.2, 0.25) is 0 Å². The highest BCUT2D eigenvalue weighted by Crippen LogP contribution is 2.31. The van der Waals surface area contributed by atoms with Crippen LogP contribution in [0.1, 0.15) is 12.5 Å². The maximum atomic E-state index is 11.7. The van der Waals surface area contributed by atoms with E-state index in [1.165, 1.54) is 0 Å². The molecular weight excluding hydrogens is 342 g/mol. The summed E-state index contributed by atoms with van der Waals surface area (Å²) in [6.07, 6.45) is 0. The quantitative estimate of drug-likeness (QED) is 0.849. The smallest absolute Gasteiger partial charge is 0.333 e. The van der Waals surface area contributed by atoms with Gasteiger partial charge in [-0.25, -0.2) is 4.79 Å². The molecule has 2 aromatic carbocycles. The molecule has 0 saturated carbocycles. The number of rotatable bonds is 4. The summed E-state index contributed by atoms with van der Waals surface area (Å²) in [7, 11) is 0. The molecular formula is C15H13BrClNO2. The van der Waals surface area contributed by atoms with E-state index in [0.717, 1.165) is 4.47 Å². The summed E-state index contributed by atoms with van der Waals surface area (Å²) in [4.78, 5) is 11.7. The van der Waals surface area contributed by atoms with Crippen LogP contribution in [0.15, 0.2) is 53.0 Å². The van der Waals surface area contributed by atoms with Gasteiger partial charge in [-0.2, -0.15) is 0 Å². The fourth-order valence-corrected chi connectivity index (χ4v) is 2.31. The molecule has 0 aliphatic heterocycles. The summed E-state index contributed by atoms with van der Waals surface area (Å²) < 4.78 is 0.895. The Morgan fingerprint density at radius 3 is 2.35 bits per heavy atom. The first-order valence-electron chi connectivity index (χ1n) is 5.95. The van der Waals surface area contributed by atoms with Crippen LogP contribution < -0.4 is 5.32 Å². The first-order valence-corrected chi connectivity index (χ1v) is 7.13. The molecule has 0 spiro atoms. The number of hydrogen-bond donors (Lipinski definition) is 2. The Bertz CT molecular complexity index is 630. The third-order valence-electron chi connectivity index (χ3n) is 3.11. The highest BCUT2D eigenvalue weighted by molar-refractivity contribution is 9.10. The van der Waals surface area contributed by atoms with Crippen LogP contribution in [0.3, 0.4) is 0 Å². The number of para-hydroxylation sites is 1. The van der Waals surface area contributed by atoms with Gasteiger partial charge in [-0.05, 0) is 36.8 Å². The highest BCUT2D eigenvalue weighted by Gasteiger charge is 2.35. The lowest BCUT2D eigenvalue weighted by molar-refractivity contribution is -0.142. The highest BCUT2D eigenvalue weighted by atomic mass is 79.9. The average Bonchev–Trinajstić information content (AvgIpc) is 2.42. The molecule has 1 unspecified atom stereocenters. The molecule has 0 bridgehead atoms. The standard InChI is InChI=1S/C15H13BrClNO2/c1-15(14(19)20,10-6-8-11(16)9-7-10)18-13-5-3-2-4-12(13)17/h2-9,18H,1H3,(H,19,20). The molecule has 2 N–H and O–H groups in total. The van der Waals surface area contributed by atoms with Crippen LogP contribution in [0, 0.1) is 0 Å². The largest absolute Gasteiger partial charge is 0.479 e. The molecule has 0 aliphatic carbocycles. The minimum absolute atomic E-state index is 0.483. The third kappa shape index (κ3) is 2.97. The lowest BCUT2D eigenvalue weighted by atomic mass is 9.91. The van der Waals surface area contributed by atoms with E-state index in [1.807, 2.05) is 12.1 Å². The first kappa shape index (κ1) is 14.9. The molecule has 104 valence electrons. The molecule has 0 heterocycles. The number of carbonyl (C=O) groups is 1. The van der Waals surface area contributed by atoms with Crippen molar-refractivity contribution < 1.29 is 9.90 Å². The number of anilines is 1. The van der Waals surface area contributed by atoms with Crippen molar-refractivity contribution >= 4 is 39.2 Å². The van der Waals surface area contributed by atoms with Gasteiger partial charge in [-0.3, -0.25) is 0 Å². The second kappa shape index (κ2) is 5.85. The van der Waals surface area contributed by atoms with Crippen molar-refractivity contribution in [3.63, 3.8) is 0 Å². The summed E-state index contributed by atoms with van der Waals surface area (Å²) in [6, 6.07) is 14.2. The van der Waals surface area contributed by atoms with Gasteiger partial charge in [0.1, 0.15) is 0 Å². The maximum absolute atomic E-state index is 11.7. The monoisotopic (exact) mass is 353 g/mol. The van der Waals surface area contributed by atoms with Gasteiger partial charge in [0, 0.05) is 4.47 Å². The zero-order valence-corrected chi connectivity index (χ0v) is 13.1. The molecule has 0 radical (unpaired) electrons. The molecule has 0 saturated heterocycles. The van der Waals surface area contributed by atoms with Crippen LogP contribution in [0.2, 0.25) is 5.02 Å². The molecule has 0 aromatic heterocycles. The van der Waals surface area contributed by atoms with E-state index < -0.39 is 11.5 Å². The van der Waals surface area contributed by atoms with E-state index in [4.69, 9.17) is 11.6 Å². The van der Waals surface area contributed by atoms with Crippen molar-refractivity contribution in [2.45, 2.75) is 12.5 Å². The van der Waals surface area contributed by atoms with Crippen LogP contribution >= 0.6 is 27.5 Å². The van der Waals surface area contributed by atoms with E-state index >= 15 is 0 Å². The Balaban J connectivity index is 2.43. The van der Waals surface area contributed by atoms with Gasteiger partial charge < -0.3 is 10.4 Å². The number of halogens is 2. The summed E-state index contributed by atoms with van der Waals surface area (Å²) in [5.41, 5.74) is -0.0267. The van der Waals surface area contributed by atoms with E-state index in [1.54, 1.807) is 43.3 Å². The van der Waals surface area contributed by atoms with Crippen molar-refractivity contribution in [1.29, 1.82) is 0 Å². The van der Waals surface area contributed by atoms with Crippen LogP contribution in [0.25, 0.3) is 0 Å². The molecule has 5 heteroatoms. The maximum Gasteiger partial charge on any atom is 0.333 e. The minimum atomic E-state index is -1.26. The zero-order chi connectivity index (χ0) is 14.8. The second-order valence-corrected chi connectivity index (χ2v) is 5.86. The number of benzene rings is 2. The van der Waals surface area contributed by atoms with Gasteiger partial charge >= 0.3 is 5.97 Å². The third-order valence-corrected chi connectivity index (χ3v) is 3.97. The van der Waals surface area contributed by atoms with Crippen molar-refractivity contribution in [2.75, 3.05) is 5.32 Å². The molecule has 0 fully saturated rings. The van der Waals surface area contributed by atoms with Crippen LogP contribution in [0.4, 0.5) is 5.69 Å². The van der Waals surface area contributed by atoms with E-state index in [0.29, 0.717) is 16.3 Å². The molecule has 0 amide bonds. The Kier molecular flexibility index (Phi) is 4.35. The zero-order valence-electron chi connectivity index (χ0n) is 10.7. The van der Waals surface area contributed by atoms with E-state index in [-0.39, 0.29) is 0 Å². The van der Waals surface area contributed by atoms with E-state index in [9.17, 15) is 9.90 Å². The lowest BCUT2D eigenvalue weighted by Gasteiger charge is -2.28. The molecule has 0 aliphatic rings. The van der Waals surface area contributed by atoms with Crippen molar-refractivity contribution in [1.82, 2.24) is 0 Å². The first-order chi connectivity index (χ1) is 9.43. The predicted octanol–water partition coefficient (Wildman–Crippen LogP) is 4.51. The van der Waals surface area contributed by atoms with E-state index in [2.05, 4.69) is 21.2 Å². The van der Waals surface area contributed by atoms with Gasteiger partial charge in [-0.15, -0.1) is 0 Å². The van der Waals surface area contributed by atoms with Gasteiger partial charge in [-0.1, -0.05) is 51.8 Å². The van der Waals surface area contributed by atoms with Crippen molar-refractivity contribution in [2.24, 2.45) is 0 Å². The molecule has 2 rings (SSSR count). The minimum Gasteiger partial charge on any atom is -0.479 e. The number of hydrogen-bond acceptors (Lipinski definition) is 2. The van der Waals surface area contributed by atoms with Gasteiger partial charge in [0.25, 0.3) is 0 Å². The summed E-state index contributed by atoms with van der Waals surface area (Å²) in [5.74, 6) is -0.972. The fraction of sp³-hybridized carbons (Fsp3) is 0.133. The Morgan fingerprint density at radius 1 is 1.20 bits per heavy atom. The topological polar surface area (TPSA) is 49.3 Å². The Hall–Kier alpha value is -1.52. The normalized spacial score (nSPS) is 13.6. The van der Waals surface area contributed by atoms with Crippen molar-refractivity contribution in [3.05, 3.63) is 63.6 Å².